The zero-order valence-corrected chi connectivity index (χ0v) is 27.2. The van der Waals surface area contributed by atoms with Crippen molar-refractivity contribution in [2.75, 3.05) is 0 Å². The fourth-order valence-corrected chi connectivity index (χ4v) is 4.20. The van der Waals surface area contributed by atoms with Crippen LogP contribution in [0.4, 0.5) is 0 Å². The van der Waals surface area contributed by atoms with Gasteiger partial charge in [0.15, 0.2) is 0 Å². The first-order valence-corrected chi connectivity index (χ1v) is 14.7. The summed E-state index contributed by atoms with van der Waals surface area (Å²) in [6.07, 6.45) is 4.16. The van der Waals surface area contributed by atoms with E-state index >= 15 is 0 Å². The van der Waals surface area contributed by atoms with E-state index in [9.17, 15) is 0 Å². The van der Waals surface area contributed by atoms with E-state index in [1.807, 2.05) is 48.5 Å². The lowest BCUT2D eigenvalue weighted by atomic mass is 9.81. The summed E-state index contributed by atoms with van der Waals surface area (Å²) in [4.78, 5) is 0. The molecule has 0 aliphatic heterocycles. The van der Waals surface area contributed by atoms with Gasteiger partial charge in [-0.2, -0.15) is 0 Å². The fraction of sp³-hybridized carbons (Fsp3) is 0.436. The molecule has 0 heterocycles. The Morgan fingerprint density at radius 2 is 1.10 bits per heavy atom. The fourth-order valence-electron chi connectivity index (χ4n) is 4.20. The summed E-state index contributed by atoms with van der Waals surface area (Å²) in [6, 6.07) is 22.6. The van der Waals surface area contributed by atoms with Gasteiger partial charge in [0.1, 0.15) is 0 Å². The summed E-state index contributed by atoms with van der Waals surface area (Å²) < 4.78 is 0. The van der Waals surface area contributed by atoms with Gasteiger partial charge in [-0.25, -0.2) is 0 Å². The van der Waals surface area contributed by atoms with Gasteiger partial charge in [-0.1, -0.05) is 154 Å². The maximum Gasteiger partial charge on any atom is 0.0159 e. The molecule has 0 fully saturated rings. The third-order valence-corrected chi connectivity index (χ3v) is 5.89. The molecule has 39 heavy (non-hydrogen) atoms. The Hall–Kier alpha value is -2.86. The van der Waals surface area contributed by atoms with Gasteiger partial charge in [-0.15, -0.1) is 13.2 Å². The van der Waals surface area contributed by atoms with E-state index < -0.39 is 0 Å². The van der Waals surface area contributed by atoms with Crippen LogP contribution in [0.5, 0.6) is 0 Å². The summed E-state index contributed by atoms with van der Waals surface area (Å²) in [6.45, 7) is 34.2. The van der Waals surface area contributed by atoms with Gasteiger partial charge in [0.05, 0.1) is 0 Å². The molecule has 0 heteroatoms. The zero-order valence-electron chi connectivity index (χ0n) is 27.2. The van der Waals surface area contributed by atoms with E-state index in [0.717, 1.165) is 0 Å². The second-order valence-corrected chi connectivity index (χ2v) is 9.42. The number of hydrogen-bond donors (Lipinski definition) is 0. The zero-order chi connectivity index (χ0) is 29.9. The third kappa shape index (κ3) is 12.2. The molecular weight excluding hydrogens is 468 g/mol. The molecule has 0 nitrogen and oxygen atoms in total. The highest BCUT2D eigenvalue weighted by Crippen LogP contribution is 2.49. The monoisotopic (exact) mass is 530 g/mol. The molecule has 0 atom stereocenters. The van der Waals surface area contributed by atoms with Crippen LogP contribution in [0.25, 0.3) is 22.3 Å². The van der Waals surface area contributed by atoms with E-state index in [-0.39, 0.29) is 12.8 Å². The van der Waals surface area contributed by atoms with Crippen LogP contribution < -0.4 is 0 Å². The highest BCUT2D eigenvalue weighted by Gasteiger charge is 2.35. The van der Waals surface area contributed by atoms with E-state index in [2.05, 4.69) is 115 Å². The van der Waals surface area contributed by atoms with Crippen LogP contribution in [0.2, 0.25) is 0 Å². The lowest BCUT2D eigenvalue weighted by Crippen LogP contribution is -2.15. The molecule has 0 aromatic heterocycles. The first kappa shape index (κ1) is 40.6. The molecular formula is C39H62. The minimum atomic E-state index is 0. The smallest absolute Gasteiger partial charge is 0.0159 e. The van der Waals surface area contributed by atoms with Gasteiger partial charge in [0, 0.05) is 5.41 Å². The molecule has 4 rings (SSSR count). The minimum absolute atomic E-state index is 0. The van der Waals surface area contributed by atoms with Crippen molar-refractivity contribution in [3.05, 3.63) is 108 Å². The van der Waals surface area contributed by atoms with Crippen molar-refractivity contribution in [2.24, 2.45) is 0 Å². The summed E-state index contributed by atoms with van der Waals surface area (Å²) in [5, 5.41) is 0. The van der Waals surface area contributed by atoms with Crippen molar-refractivity contribution in [3.63, 3.8) is 0 Å². The van der Waals surface area contributed by atoms with E-state index in [0.29, 0.717) is 0 Å². The summed E-state index contributed by atoms with van der Waals surface area (Å²) >= 11 is 0. The van der Waals surface area contributed by atoms with Crippen LogP contribution in [0.1, 0.15) is 119 Å². The van der Waals surface area contributed by atoms with E-state index in [1.54, 1.807) is 6.08 Å². The molecule has 0 saturated carbocycles. The molecule has 1 aliphatic rings. The van der Waals surface area contributed by atoms with Crippen molar-refractivity contribution in [2.45, 2.75) is 116 Å². The quantitative estimate of drug-likeness (QED) is 0.295. The molecule has 0 amide bonds. The number of benzene rings is 3. The Morgan fingerprint density at radius 1 is 0.718 bits per heavy atom. The maximum absolute atomic E-state index is 3.74. The molecule has 0 unspecified atom stereocenters. The number of rotatable bonds is 3. The van der Waals surface area contributed by atoms with Gasteiger partial charge in [-0.05, 0) is 73.6 Å². The van der Waals surface area contributed by atoms with Crippen LogP contribution in [-0.4, -0.2) is 0 Å². The summed E-state index contributed by atoms with van der Waals surface area (Å²) in [5.74, 6) is 0. The predicted molar refractivity (Wildman–Crippen MR) is 185 cm³/mol. The van der Waals surface area contributed by atoms with Gasteiger partial charge < -0.3 is 0 Å². The molecule has 0 N–H and O–H groups in total. The molecule has 0 saturated heterocycles. The van der Waals surface area contributed by atoms with Crippen LogP contribution in [0, 0.1) is 13.8 Å². The molecule has 0 bridgehead atoms. The van der Waals surface area contributed by atoms with Crippen molar-refractivity contribution < 1.29 is 0 Å². The minimum Gasteiger partial charge on any atom is -0.103 e. The Labute approximate surface area is 245 Å². The molecule has 0 spiro atoms. The number of hydrogen-bond acceptors (Lipinski definition) is 0. The Morgan fingerprint density at radius 3 is 1.51 bits per heavy atom. The standard InChI is InChI=1S/C23H22.C6H12.C3H6.3C2H6.CH4/c1-15-5-8-17(9-6-15)18-10-12-20-19-11-7-16(2)13-21(19)23(3,4)22(20)14-18;1-4-5-6(2)3;1-3-2;3*1-2;/h5-14H,1-4H3;2,4-5H2,1,3H3;3H,1H2,2H3;3*1-2H3;1H4. The number of aryl methyl sites for hydroxylation is 2. The second kappa shape index (κ2) is 22.0. The molecule has 1 aliphatic carbocycles. The van der Waals surface area contributed by atoms with Gasteiger partial charge in [0.25, 0.3) is 0 Å². The van der Waals surface area contributed by atoms with Crippen LogP contribution >= 0.6 is 0 Å². The highest BCUT2D eigenvalue weighted by atomic mass is 14.4. The Balaban J connectivity index is -0.000000689. The van der Waals surface area contributed by atoms with Crippen LogP contribution in [-0.2, 0) is 5.41 Å². The van der Waals surface area contributed by atoms with Crippen LogP contribution in [0.3, 0.4) is 0 Å². The molecule has 3 aromatic carbocycles. The Kier molecular flexibility index (Phi) is 22.9. The van der Waals surface area contributed by atoms with Gasteiger partial charge in [0.2, 0.25) is 0 Å². The first-order valence-electron chi connectivity index (χ1n) is 14.7. The normalized spacial score (nSPS) is 10.6. The van der Waals surface area contributed by atoms with E-state index in [4.69, 9.17) is 0 Å². The predicted octanol–water partition coefficient (Wildman–Crippen LogP) is 13.5. The van der Waals surface area contributed by atoms with Gasteiger partial charge >= 0.3 is 0 Å². The lowest BCUT2D eigenvalue weighted by molar-refractivity contribution is 0.660. The average Bonchev–Trinajstić information content (AvgIpc) is 3.14. The average molecular weight is 531 g/mol. The second-order valence-electron chi connectivity index (χ2n) is 9.42. The van der Waals surface area contributed by atoms with Crippen LogP contribution in [0.15, 0.2) is 85.5 Å². The lowest BCUT2D eigenvalue weighted by Gasteiger charge is -2.22. The topological polar surface area (TPSA) is 0 Å². The first-order chi connectivity index (χ1) is 18.1. The van der Waals surface area contributed by atoms with Gasteiger partial charge in [-0.3, -0.25) is 0 Å². The Bertz CT molecular complexity index is 1060. The summed E-state index contributed by atoms with van der Waals surface area (Å²) in [5.41, 5.74) is 12.3. The molecule has 218 valence electrons. The molecule has 0 radical (unpaired) electrons. The summed E-state index contributed by atoms with van der Waals surface area (Å²) in [7, 11) is 0. The number of fused-ring (bicyclic) bond motifs is 3. The van der Waals surface area contributed by atoms with Crippen molar-refractivity contribution in [1.82, 2.24) is 0 Å². The highest BCUT2D eigenvalue weighted by molar-refractivity contribution is 5.83. The SMILES string of the molecule is C.C=C(C)CCC.C=CC.CC.CC.CC.Cc1ccc(-c2ccc3c(c2)C(C)(C)c2cc(C)ccc2-3)cc1. The van der Waals surface area contributed by atoms with E-state index in [1.165, 1.54) is 62.9 Å². The van der Waals surface area contributed by atoms with Crippen molar-refractivity contribution in [3.8, 4) is 22.3 Å². The van der Waals surface area contributed by atoms with Crippen molar-refractivity contribution >= 4 is 0 Å². The third-order valence-electron chi connectivity index (χ3n) is 5.89. The number of allylic oxidation sites excluding steroid dienone is 2. The molecule has 3 aromatic rings. The van der Waals surface area contributed by atoms with Crippen molar-refractivity contribution in [1.29, 1.82) is 0 Å². The largest absolute Gasteiger partial charge is 0.103 e. The maximum atomic E-state index is 3.74.